The molecule has 4 heteroatoms. The predicted molar refractivity (Wildman–Crippen MR) is 75.8 cm³/mol. The first-order valence-electron chi connectivity index (χ1n) is 6.75. The molecule has 18 heavy (non-hydrogen) atoms. The molecule has 100 valence electrons. The molecule has 0 aromatic carbocycles. The summed E-state index contributed by atoms with van der Waals surface area (Å²) in [4.78, 5) is 11.3. The first kappa shape index (κ1) is 13.1. The number of hydrogen-bond donors (Lipinski definition) is 1. The van der Waals surface area contributed by atoms with Gasteiger partial charge in [-0.2, -0.15) is 0 Å². The van der Waals surface area contributed by atoms with Gasteiger partial charge in [0, 0.05) is 25.1 Å². The second kappa shape index (κ2) is 4.75. The molecule has 2 N–H and O–H groups in total. The van der Waals surface area contributed by atoms with Crippen LogP contribution in [0.15, 0.2) is 0 Å². The molecule has 0 spiro atoms. The van der Waals surface area contributed by atoms with Gasteiger partial charge >= 0.3 is 0 Å². The van der Waals surface area contributed by atoms with Crippen LogP contribution in [0.25, 0.3) is 0 Å². The van der Waals surface area contributed by atoms with Gasteiger partial charge in [-0.3, -0.25) is 0 Å². The van der Waals surface area contributed by atoms with Crippen LogP contribution in [0, 0.1) is 18.8 Å². The van der Waals surface area contributed by atoms with E-state index in [2.05, 4.69) is 42.7 Å². The van der Waals surface area contributed by atoms with E-state index in [1.165, 1.54) is 6.42 Å². The summed E-state index contributed by atoms with van der Waals surface area (Å²) in [5, 5.41) is 0. The maximum atomic E-state index is 5.99. The third-order valence-corrected chi connectivity index (χ3v) is 3.84. The number of rotatable bonds is 4. The lowest BCUT2D eigenvalue weighted by molar-refractivity contribution is 0.706. The SMILES string of the molecule is Cc1c(N)nc(C(C)C)nc1N(C)CC1CC1C. The highest BCUT2D eigenvalue weighted by atomic mass is 15.2. The second-order valence-corrected chi connectivity index (χ2v) is 5.92. The number of nitrogens with zero attached hydrogens (tertiary/aromatic N) is 3. The second-order valence-electron chi connectivity index (χ2n) is 5.92. The van der Waals surface area contributed by atoms with Crippen LogP contribution in [0.1, 0.15) is 44.5 Å². The van der Waals surface area contributed by atoms with Gasteiger partial charge in [-0.25, -0.2) is 9.97 Å². The van der Waals surface area contributed by atoms with Crippen LogP contribution in [0.2, 0.25) is 0 Å². The van der Waals surface area contributed by atoms with Gasteiger partial charge < -0.3 is 10.6 Å². The lowest BCUT2D eigenvalue weighted by Crippen LogP contribution is -2.24. The summed E-state index contributed by atoms with van der Waals surface area (Å²) in [7, 11) is 2.10. The fourth-order valence-corrected chi connectivity index (χ4v) is 2.26. The van der Waals surface area contributed by atoms with Gasteiger partial charge in [-0.05, 0) is 25.2 Å². The molecule has 4 nitrogen and oxygen atoms in total. The largest absolute Gasteiger partial charge is 0.383 e. The summed E-state index contributed by atoms with van der Waals surface area (Å²) in [5.41, 5.74) is 6.99. The lowest BCUT2D eigenvalue weighted by atomic mass is 10.2. The molecule has 1 aromatic heterocycles. The number of hydrogen-bond acceptors (Lipinski definition) is 4. The highest BCUT2D eigenvalue weighted by molar-refractivity contribution is 5.56. The molecule has 1 aromatic rings. The molecule has 1 aliphatic rings. The first-order valence-corrected chi connectivity index (χ1v) is 6.75. The van der Waals surface area contributed by atoms with Crippen molar-refractivity contribution in [3.8, 4) is 0 Å². The van der Waals surface area contributed by atoms with Crippen LogP contribution in [0.3, 0.4) is 0 Å². The number of nitrogen functional groups attached to an aromatic ring is 1. The summed E-state index contributed by atoms with van der Waals surface area (Å²) >= 11 is 0. The lowest BCUT2D eigenvalue weighted by Gasteiger charge is -2.22. The fourth-order valence-electron chi connectivity index (χ4n) is 2.26. The highest BCUT2D eigenvalue weighted by Gasteiger charge is 2.33. The van der Waals surface area contributed by atoms with Crippen molar-refractivity contribution in [2.75, 3.05) is 24.2 Å². The minimum Gasteiger partial charge on any atom is -0.383 e. The monoisotopic (exact) mass is 248 g/mol. The molecule has 1 heterocycles. The Balaban J connectivity index is 2.24. The molecule has 2 atom stereocenters. The molecule has 0 amide bonds. The Kier molecular flexibility index (Phi) is 3.46. The van der Waals surface area contributed by atoms with Gasteiger partial charge in [0.15, 0.2) is 0 Å². The van der Waals surface area contributed by atoms with Crippen molar-refractivity contribution in [3.05, 3.63) is 11.4 Å². The molecule has 1 fully saturated rings. The van der Waals surface area contributed by atoms with E-state index in [1.54, 1.807) is 0 Å². The molecular weight excluding hydrogens is 224 g/mol. The van der Waals surface area contributed by atoms with Gasteiger partial charge in [-0.1, -0.05) is 20.8 Å². The van der Waals surface area contributed by atoms with E-state index in [4.69, 9.17) is 5.73 Å². The van der Waals surface area contributed by atoms with E-state index in [0.29, 0.717) is 11.7 Å². The van der Waals surface area contributed by atoms with E-state index in [-0.39, 0.29) is 0 Å². The van der Waals surface area contributed by atoms with Gasteiger partial charge in [-0.15, -0.1) is 0 Å². The molecule has 2 unspecified atom stereocenters. The summed E-state index contributed by atoms with van der Waals surface area (Å²) in [6, 6.07) is 0. The van der Waals surface area contributed by atoms with E-state index < -0.39 is 0 Å². The van der Waals surface area contributed by atoms with Gasteiger partial charge in [0.2, 0.25) is 0 Å². The van der Waals surface area contributed by atoms with Crippen LogP contribution in [-0.2, 0) is 0 Å². The van der Waals surface area contributed by atoms with Crippen molar-refractivity contribution in [1.82, 2.24) is 9.97 Å². The van der Waals surface area contributed by atoms with Crippen LogP contribution < -0.4 is 10.6 Å². The van der Waals surface area contributed by atoms with Crippen LogP contribution in [0.5, 0.6) is 0 Å². The zero-order valence-corrected chi connectivity index (χ0v) is 12.1. The minimum absolute atomic E-state index is 0.305. The van der Waals surface area contributed by atoms with Crippen molar-refractivity contribution >= 4 is 11.6 Å². The normalized spacial score (nSPS) is 22.3. The Bertz CT molecular complexity index is 442. The Morgan fingerprint density at radius 1 is 1.39 bits per heavy atom. The van der Waals surface area contributed by atoms with Gasteiger partial charge in [0.1, 0.15) is 17.5 Å². The van der Waals surface area contributed by atoms with E-state index in [9.17, 15) is 0 Å². The van der Waals surface area contributed by atoms with E-state index >= 15 is 0 Å². The van der Waals surface area contributed by atoms with Crippen molar-refractivity contribution in [1.29, 1.82) is 0 Å². The number of anilines is 2. The maximum absolute atomic E-state index is 5.99. The van der Waals surface area contributed by atoms with Crippen LogP contribution in [-0.4, -0.2) is 23.6 Å². The smallest absolute Gasteiger partial charge is 0.137 e. The van der Waals surface area contributed by atoms with E-state index in [1.807, 2.05) is 6.92 Å². The van der Waals surface area contributed by atoms with Crippen molar-refractivity contribution in [2.45, 2.75) is 40.0 Å². The Morgan fingerprint density at radius 2 is 2.00 bits per heavy atom. The molecular formula is C14H24N4. The van der Waals surface area contributed by atoms with Crippen molar-refractivity contribution < 1.29 is 0 Å². The van der Waals surface area contributed by atoms with Crippen molar-refractivity contribution in [2.24, 2.45) is 11.8 Å². The molecule has 2 rings (SSSR count). The quantitative estimate of drug-likeness (QED) is 0.889. The summed E-state index contributed by atoms with van der Waals surface area (Å²) in [5.74, 6) is 4.41. The standard InChI is InChI=1S/C14H24N4/c1-8(2)13-16-12(15)10(4)14(17-13)18(5)7-11-6-9(11)3/h8-9,11H,6-7H2,1-5H3,(H2,15,16,17). The summed E-state index contributed by atoms with van der Waals surface area (Å²) < 4.78 is 0. The third-order valence-electron chi connectivity index (χ3n) is 3.84. The fraction of sp³-hybridized carbons (Fsp3) is 0.714. The summed E-state index contributed by atoms with van der Waals surface area (Å²) in [6.07, 6.45) is 1.33. The Morgan fingerprint density at radius 3 is 2.50 bits per heavy atom. The maximum Gasteiger partial charge on any atom is 0.137 e. The van der Waals surface area contributed by atoms with Crippen molar-refractivity contribution in [3.63, 3.8) is 0 Å². The van der Waals surface area contributed by atoms with Crippen LogP contribution in [0.4, 0.5) is 11.6 Å². The number of aromatic nitrogens is 2. The zero-order chi connectivity index (χ0) is 13.4. The molecule has 0 bridgehead atoms. The molecule has 0 aliphatic heterocycles. The predicted octanol–water partition coefficient (Wildman–Crippen LogP) is 2.58. The Hall–Kier alpha value is -1.32. The molecule has 0 saturated heterocycles. The first-order chi connectivity index (χ1) is 8.40. The Labute approximate surface area is 110 Å². The third kappa shape index (κ3) is 2.57. The number of nitrogens with two attached hydrogens (primary N) is 1. The molecule has 0 radical (unpaired) electrons. The van der Waals surface area contributed by atoms with Crippen LogP contribution >= 0.6 is 0 Å². The molecule has 1 saturated carbocycles. The average molecular weight is 248 g/mol. The minimum atomic E-state index is 0.305. The van der Waals surface area contributed by atoms with Gasteiger partial charge in [0.25, 0.3) is 0 Å². The average Bonchev–Trinajstić information content (AvgIpc) is 2.97. The zero-order valence-electron chi connectivity index (χ0n) is 12.1. The topological polar surface area (TPSA) is 55.0 Å². The van der Waals surface area contributed by atoms with Gasteiger partial charge in [0.05, 0.1) is 0 Å². The van der Waals surface area contributed by atoms with E-state index in [0.717, 1.165) is 35.6 Å². The molecule has 1 aliphatic carbocycles. The summed E-state index contributed by atoms with van der Waals surface area (Å²) in [6.45, 7) is 9.56. The highest BCUT2D eigenvalue weighted by Crippen LogP contribution is 2.39.